The molecule has 0 aromatic heterocycles. The Morgan fingerprint density at radius 1 is 0.771 bits per heavy atom. The fraction of sp³-hybridized carbons (Fsp3) is 0.552. The second kappa shape index (κ2) is 11.2. The maximum Gasteiger partial charge on any atom is 0.339 e. The molecule has 194 valence electrons. The van der Waals surface area contributed by atoms with Crippen molar-refractivity contribution in [2.75, 3.05) is 0 Å². The molecule has 0 radical (unpaired) electrons. The lowest BCUT2D eigenvalue weighted by Gasteiger charge is -2.27. The van der Waals surface area contributed by atoms with Crippen molar-refractivity contribution in [3.05, 3.63) is 57.6 Å². The molecule has 2 N–H and O–H groups in total. The Balaban J connectivity index is 2.98. The van der Waals surface area contributed by atoms with Crippen molar-refractivity contribution in [3.63, 3.8) is 0 Å². The maximum absolute atomic E-state index is 14.2. The Labute approximate surface area is 212 Å². The average molecular weight is 502 g/mol. The molecule has 0 fully saturated rings. The maximum atomic E-state index is 14.2. The predicted octanol–water partition coefficient (Wildman–Crippen LogP) is 7.10. The number of para-hydroxylation sites is 1. The minimum Gasteiger partial charge on any atom is -0.378 e. The molecule has 0 aliphatic heterocycles. The fourth-order valence-electron chi connectivity index (χ4n) is 4.70. The van der Waals surface area contributed by atoms with Crippen LogP contribution in [0.4, 0.5) is 0 Å². The molecule has 0 heterocycles. The van der Waals surface area contributed by atoms with Gasteiger partial charge in [0.15, 0.2) is 0 Å². The van der Waals surface area contributed by atoms with Gasteiger partial charge in [-0.05, 0) is 63.0 Å². The Bertz CT molecular complexity index is 1150. The van der Waals surface area contributed by atoms with Crippen molar-refractivity contribution in [1.29, 1.82) is 0 Å². The molecule has 0 atom stereocenters. The van der Waals surface area contributed by atoms with Crippen LogP contribution in [0, 0.1) is 0 Å². The van der Waals surface area contributed by atoms with E-state index in [1.54, 1.807) is 0 Å². The number of nitrogens with two attached hydrogens (primary N) is 1. The van der Waals surface area contributed by atoms with Crippen LogP contribution >= 0.6 is 0 Å². The smallest absolute Gasteiger partial charge is 0.339 e. The van der Waals surface area contributed by atoms with E-state index in [1.807, 2.05) is 93.5 Å². The average Bonchev–Trinajstić information content (AvgIpc) is 2.71. The lowest BCUT2D eigenvalue weighted by atomic mass is 9.83. The molecule has 35 heavy (non-hydrogen) atoms. The second-order valence-corrected chi connectivity index (χ2v) is 12.5. The van der Waals surface area contributed by atoms with Gasteiger partial charge in [0.2, 0.25) is 5.91 Å². The van der Waals surface area contributed by atoms with E-state index >= 15 is 0 Å². The van der Waals surface area contributed by atoms with Gasteiger partial charge < -0.3 is 9.92 Å². The van der Waals surface area contributed by atoms with E-state index in [4.69, 9.17) is 9.92 Å². The van der Waals surface area contributed by atoms with Gasteiger partial charge in [-0.15, -0.1) is 0 Å². The van der Waals surface area contributed by atoms with Crippen molar-refractivity contribution in [1.82, 2.24) is 0 Å². The van der Waals surface area contributed by atoms with Crippen molar-refractivity contribution in [2.24, 2.45) is 5.73 Å². The highest BCUT2D eigenvalue weighted by atomic mass is 32.2. The number of benzene rings is 2. The van der Waals surface area contributed by atoms with Gasteiger partial charge in [-0.1, -0.05) is 93.5 Å². The monoisotopic (exact) mass is 501 g/mol. The summed E-state index contributed by atoms with van der Waals surface area (Å²) < 4.78 is 34.4. The van der Waals surface area contributed by atoms with Gasteiger partial charge in [-0.3, -0.25) is 4.79 Å². The first kappa shape index (κ1) is 28.9. The highest BCUT2D eigenvalue weighted by Crippen LogP contribution is 2.42. The third-order valence-electron chi connectivity index (χ3n) is 6.43. The van der Waals surface area contributed by atoms with Crippen LogP contribution in [-0.2, 0) is 21.3 Å². The summed E-state index contributed by atoms with van der Waals surface area (Å²) in [5, 5.41) is 0. The van der Waals surface area contributed by atoms with Crippen LogP contribution in [0.2, 0.25) is 0 Å². The van der Waals surface area contributed by atoms with Crippen LogP contribution in [0.15, 0.2) is 29.2 Å². The van der Waals surface area contributed by atoms with Crippen molar-refractivity contribution < 1.29 is 17.4 Å². The standard InChI is InChI=1S/C29H43NO4S/c1-16(2)21-12-11-13-22(17(3)4)28(21)34-35(32,33)29-24(19(7)8)14-23(18(5)6)25(15-26(30)31)27(29)20(9)10/h11-14,16-20H,15H2,1-10H3,(H2,30,31). The molecule has 0 saturated carbocycles. The van der Waals surface area contributed by atoms with Gasteiger partial charge in [-0.2, -0.15) is 8.42 Å². The first-order chi connectivity index (χ1) is 16.1. The highest BCUT2D eigenvalue weighted by molar-refractivity contribution is 7.87. The summed E-state index contributed by atoms with van der Waals surface area (Å²) in [7, 11) is -4.23. The molecule has 0 unspecified atom stereocenters. The van der Waals surface area contributed by atoms with Gasteiger partial charge >= 0.3 is 10.1 Å². The largest absolute Gasteiger partial charge is 0.378 e. The van der Waals surface area contributed by atoms with Gasteiger partial charge in [-0.25, -0.2) is 0 Å². The zero-order valence-electron chi connectivity index (χ0n) is 23.0. The topological polar surface area (TPSA) is 86.5 Å². The SMILES string of the molecule is CC(C)c1cc(C(C)C)c(S(=O)(=O)Oc2c(C(C)C)cccc2C(C)C)c(C(C)C)c1CC(N)=O. The van der Waals surface area contributed by atoms with Gasteiger partial charge in [0.05, 0.1) is 6.42 Å². The third-order valence-corrected chi connectivity index (χ3v) is 7.77. The van der Waals surface area contributed by atoms with E-state index < -0.39 is 16.0 Å². The molecule has 0 aliphatic rings. The molecular weight excluding hydrogens is 458 g/mol. The van der Waals surface area contributed by atoms with Crippen molar-refractivity contribution in [3.8, 4) is 5.75 Å². The molecule has 0 saturated heterocycles. The second-order valence-electron chi connectivity index (χ2n) is 11.0. The lowest BCUT2D eigenvalue weighted by molar-refractivity contribution is -0.117. The molecule has 2 rings (SSSR count). The Morgan fingerprint density at radius 2 is 1.23 bits per heavy atom. The summed E-state index contributed by atoms with van der Waals surface area (Å²) in [6.07, 6.45) is -0.0122. The number of carbonyl (C=O) groups excluding carboxylic acids is 1. The van der Waals surface area contributed by atoms with E-state index in [0.717, 1.165) is 16.7 Å². The molecule has 0 spiro atoms. The molecule has 2 aromatic carbocycles. The lowest BCUT2D eigenvalue weighted by Crippen LogP contribution is -2.23. The summed E-state index contributed by atoms with van der Waals surface area (Å²) in [6.45, 7) is 20.1. The summed E-state index contributed by atoms with van der Waals surface area (Å²) in [4.78, 5) is 12.2. The molecule has 0 bridgehead atoms. The van der Waals surface area contributed by atoms with Crippen molar-refractivity contribution in [2.45, 2.75) is 110 Å². The quantitative estimate of drug-likeness (QED) is 0.352. The molecule has 5 nitrogen and oxygen atoms in total. The Morgan fingerprint density at radius 3 is 1.60 bits per heavy atom. The predicted molar refractivity (Wildman–Crippen MR) is 144 cm³/mol. The Hall–Kier alpha value is -2.34. The molecular formula is C29H43NO4S. The van der Waals surface area contributed by atoms with Gasteiger partial charge in [0, 0.05) is 0 Å². The minimum atomic E-state index is -4.23. The Kier molecular flexibility index (Phi) is 9.21. The van der Waals surface area contributed by atoms with Crippen LogP contribution in [0.1, 0.15) is 132 Å². The third kappa shape index (κ3) is 6.27. The molecule has 0 aliphatic carbocycles. The summed E-state index contributed by atoms with van der Waals surface area (Å²) in [5.74, 6) is -0.0200. The van der Waals surface area contributed by atoms with E-state index in [2.05, 4.69) is 0 Å². The minimum absolute atomic E-state index is 0.0122. The van der Waals surface area contributed by atoms with Gasteiger partial charge in [0.1, 0.15) is 10.6 Å². The number of primary amides is 1. The first-order valence-electron chi connectivity index (χ1n) is 12.6. The van der Waals surface area contributed by atoms with Crippen LogP contribution in [-0.4, -0.2) is 14.3 Å². The van der Waals surface area contributed by atoms with Crippen LogP contribution in [0.25, 0.3) is 0 Å². The van der Waals surface area contributed by atoms with E-state index in [1.165, 1.54) is 0 Å². The first-order valence-corrected chi connectivity index (χ1v) is 14.1. The number of rotatable bonds is 10. The number of carbonyl (C=O) groups is 1. The number of amides is 1. The zero-order valence-corrected chi connectivity index (χ0v) is 23.8. The van der Waals surface area contributed by atoms with Crippen molar-refractivity contribution >= 4 is 16.0 Å². The number of hydrogen-bond acceptors (Lipinski definition) is 4. The molecule has 2 aromatic rings. The molecule has 1 amide bonds. The van der Waals surface area contributed by atoms with E-state index in [9.17, 15) is 13.2 Å². The number of hydrogen-bond donors (Lipinski definition) is 1. The van der Waals surface area contributed by atoms with E-state index in [-0.39, 0.29) is 40.9 Å². The van der Waals surface area contributed by atoms with Gasteiger partial charge in [0.25, 0.3) is 0 Å². The zero-order chi connectivity index (χ0) is 26.8. The summed E-state index contributed by atoms with van der Waals surface area (Å²) in [5.41, 5.74) is 10.3. The van der Waals surface area contributed by atoms with Crippen LogP contribution in [0.3, 0.4) is 0 Å². The van der Waals surface area contributed by atoms with Crippen LogP contribution in [0.5, 0.6) is 5.75 Å². The highest BCUT2D eigenvalue weighted by Gasteiger charge is 2.33. The summed E-state index contributed by atoms with van der Waals surface area (Å²) >= 11 is 0. The fourth-order valence-corrected chi connectivity index (χ4v) is 6.41. The normalized spacial score (nSPS) is 12.4. The van der Waals surface area contributed by atoms with E-state index in [0.29, 0.717) is 22.4 Å². The summed E-state index contributed by atoms with van der Waals surface area (Å²) in [6, 6.07) is 7.74. The molecule has 6 heteroatoms. The van der Waals surface area contributed by atoms with Crippen LogP contribution < -0.4 is 9.92 Å².